The van der Waals surface area contributed by atoms with Crippen LogP contribution in [-0.2, 0) is 24.8 Å². The fraction of sp³-hybridized carbons (Fsp3) is 0.200. The number of carboxylic acid groups (broad SMARTS) is 1. The van der Waals surface area contributed by atoms with Crippen LogP contribution in [-0.4, -0.2) is 24.2 Å². The highest BCUT2D eigenvalue weighted by Crippen LogP contribution is 2.28. The van der Waals surface area contributed by atoms with Gasteiger partial charge in [0.2, 0.25) is 0 Å². The Labute approximate surface area is 95.9 Å². The summed E-state index contributed by atoms with van der Waals surface area (Å²) in [5.41, 5.74) is -2.63. The third-order valence-corrected chi connectivity index (χ3v) is 2.13. The van der Waals surface area contributed by atoms with Gasteiger partial charge in [0.15, 0.2) is 5.34 Å². The van der Waals surface area contributed by atoms with E-state index in [-0.39, 0.29) is 5.56 Å². The van der Waals surface area contributed by atoms with Crippen molar-refractivity contribution in [1.29, 1.82) is 0 Å². The molecule has 1 N–H and O–H groups in total. The predicted octanol–water partition coefficient (Wildman–Crippen LogP) is 0.838. The largest absolute Gasteiger partial charge is 0.477 e. The van der Waals surface area contributed by atoms with Crippen LogP contribution in [0.4, 0.5) is 0 Å². The second kappa shape index (κ2) is 5.06. The van der Waals surface area contributed by atoms with Crippen molar-refractivity contribution in [3.8, 4) is 0 Å². The maximum atomic E-state index is 11.5. The second-order valence-corrected chi connectivity index (χ2v) is 3.01. The lowest BCUT2D eigenvalue weighted by Gasteiger charge is -2.22. The van der Waals surface area contributed by atoms with Gasteiger partial charge in [-0.1, -0.05) is 30.3 Å². The fourth-order valence-corrected chi connectivity index (χ4v) is 1.33. The number of carboxylic acids is 1. The molecule has 0 amide bonds. The smallest absolute Gasteiger partial charge is 0.370 e. The van der Waals surface area contributed by atoms with E-state index in [0.717, 1.165) is 7.11 Å². The van der Waals surface area contributed by atoms with Crippen molar-refractivity contribution in [2.24, 2.45) is 5.34 Å². The first-order valence-corrected chi connectivity index (χ1v) is 4.47. The van der Waals surface area contributed by atoms with Crippen LogP contribution >= 0.6 is 0 Å². The Morgan fingerprint density at radius 1 is 1.29 bits per heavy atom. The summed E-state index contributed by atoms with van der Waals surface area (Å²) in [7, 11) is 0.983. The van der Waals surface area contributed by atoms with Crippen LogP contribution < -0.4 is 0 Å². The monoisotopic (exact) mass is 239 g/mol. The number of benzene rings is 1. The molecule has 90 valence electrons. The number of aliphatic carboxylic acids is 1. The zero-order valence-electron chi connectivity index (χ0n) is 8.82. The summed E-state index contributed by atoms with van der Waals surface area (Å²) in [6, 6.07) is 7.22. The molecule has 0 heterocycles. The molecule has 17 heavy (non-hydrogen) atoms. The van der Waals surface area contributed by atoms with Gasteiger partial charge in [-0.15, -0.1) is 4.91 Å². The van der Waals surface area contributed by atoms with Crippen LogP contribution in [0.2, 0.25) is 0 Å². The maximum absolute atomic E-state index is 11.5. The number of rotatable bonds is 5. The standard InChI is InChI=1S/C10H9NO6/c1-16-9(14)10(8(12)13,17-11-15)7-5-3-2-4-6-7/h2-6H,1H3,(H,12,13). The van der Waals surface area contributed by atoms with E-state index in [2.05, 4.69) is 9.57 Å². The Hall–Kier alpha value is -2.44. The summed E-state index contributed by atoms with van der Waals surface area (Å²) in [6.45, 7) is 0. The van der Waals surface area contributed by atoms with Crippen molar-refractivity contribution in [3.63, 3.8) is 0 Å². The summed E-state index contributed by atoms with van der Waals surface area (Å²) >= 11 is 0. The lowest BCUT2D eigenvalue weighted by Crippen LogP contribution is -2.46. The molecule has 0 saturated heterocycles. The van der Waals surface area contributed by atoms with Crippen LogP contribution in [0.25, 0.3) is 0 Å². The molecule has 0 spiro atoms. The molecule has 0 aromatic heterocycles. The quantitative estimate of drug-likeness (QED) is 0.353. The second-order valence-electron chi connectivity index (χ2n) is 3.01. The highest BCUT2D eigenvalue weighted by molar-refractivity contribution is 6.03. The summed E-state index contributed by atoms with van der Waals surface area (Å²) in [4.78, 5) is 37.1. The highest BCUT2D eigenvalue weighted by atomic mass is 16.8. The van der Waals surface area contributed by atoms with Crippen molar-refractivity contribution in [1.82, 2.24) is 0 Å². The fourth-order valence-electron chi connectivity index (χ4n) is 1.33. The minimum Gasteiger partial charge on any atom is -0.477 e. The molecule has 0 radical (unpaired) electrons. The van der Waals surface area contributed by atoms with Crippen LogP contribution in [0.15, 0.2) is 35.7 Å². The first-order valence-electron chi connectivity index (χ1n) is 4.47. The lowest BCUT2D eigenvalue weighted by atomic mass is 9.94. The molecule has 1 aromatic rings. The van der Waals surface area contributed by atoms with Gasteiger partial charge in [0.1, 0.15) is 0 Å². The minimum absolute atomic E-state index is 0.0565. The summed E-state index contributed by atoms with van der Waals surface area (Å²) < 4.78 is 4.34. The van der Waals surface area contributed by atoms with Gasteiger partial charge in [-0.25, -0.2) is 9.59 Å². The van der Waals surface area contributed by atoms with Gasteiger partial charge < -0.3 is 14.7 Å². The zero-order valence-corrected chi connectivity index (χ0v) is 8.82. The van der Waals surface area contributed by atoms with Crippen molar-refractivity contribution < 1.29 is 24.3 Å². The van der Waals surface area contributed by atoms with Crippen LogP contribution in [0, 0.1) is 4.91 Å². The Bertz CT molecular complexity index is 432. The van der Waals surface area contributed by atoms with Gasteiger partial charge in [0.05, 0.1) is 7.11 Å². The van der Waals surface area contributed by atoms with Gasteiger partial charge in [0.25, 0.3) is 0 Å². The normalized spacial score (nSPS) is 13.2. The molecule has 1 unspecified atom stereocenters. The molecule has 0 aliphatic heterocycles. The van der Waals surface area contributed by atoms with Gasteiger partial charge >= 0.3 is 17.5 Å². The summed E-state index contributed by atoms with van der Waals surface area (Å²) in [6.07, 6.45) is 0. The first kappa shape index (κ1) is 12.6. The molecule has 1 rings (SSSR count). The number of hydrogen-bond acceptors (Lipinski definition) is 6. The molecule has 0 fully saturated rings. The molecule has 1 aromatic carbocycles. The number of hydrogen-bond donors (Lipinski definition) is 1. The Morgan fingerprint density at radius 3 is 2.29 bits per heavy atom. The molecule has 1 atom stereocenters. The van der Waals surface area contributed by atoms with E-state index < -0.39 is 17.5 Å². The molecule has 0 aliphatic rings. The van der Waals surface area contributed by atoms with E-state index in [4.69, 9.17) is 5.11 Å². The zero-order chi connectivity index (χ0) is 12.9. The Morgan fingerprint density at radius 2 is 1.88 bits per heavy atom. The van der Waals surface area contributed by atoms with Crippen molar-refractivity contribution >= 4 is 11.9 Å². The third kappa shape index (κ3) is 2.07. The third-order valence-electron chi connectivity index (χ3n) is 2.13. The first-order chi connectivity index (χ1) is 8.09. The molecular weight excluding hydrogens is 230 g/mol. The average Bonchev–Trinajstić information content (AvgIpc) is 2.35. The molecule has 7 heteroatoms. The van der Waals surface area contributed by atoms with E-state index >= 15 is 0 Å². The molecule has 0 bridgehead atoms. The molecular formula is C10H9NO6. The van der Waals surface area contributed by atoms with Gasteiger partial charge in [-0.3, -0.25) is 0 Å². The molecule has 7 nitrogen and oxygen atoms in total. The molecule has 0 aliphatic carbocycles. The van der Waals surface area contributed by atoms with Crippen LogP contribution in [0.3, 0.4) is 0 Å². The molecule has 0 saturated carbocycles. The Balaban J connectivity index is 3.40. The minimum atomic E-state index is -2.57. The predicted molar refractivity (Wildman–Crippen MR) is 54.7 cm³/mol. The Kier molecular flexibility index (Phi) is 3.76. The number of carbonyl (C=O) groups excluding carboxylic acids is 1. The number of methoxy groups -OCH3 is 1. The average molecular weight is 239 g/mol. The van der Waals surface area contributed by atoms with E-state index in [1.807, 2.05) is 5.34 Å². The van der Waals surface area contributed by atoms with E-state index in [0.29, 0.717) is 0 Å². The van der Waals surface area contributed by atoms with Crippen molar-refractivity contribution in [2.45, 2.75) is 5.60 Å². The SMILES string of the molecule is COC(=O)C(ON=O)(C(=O)O)c1ccccc1. The topological polar surface area (TPSA) is 102 Å². The number of esters is 1. The summed E-state index contributed by atoms with van der Waals surface area (Å²) in [5.74, 6) is -2.93. The van der Waals surface area contributed by atoms with Crippen LogP contribution in [0.5, 0.6) is 0 Å². The van der Waals surface area contributed by atoms with Crippen molar-refractivity contribution in [3.05, 3.63) is 40.8 Å². The maximum Gasteiger partial charge on any atom is 0.370 e. The highest BCUT2D eigenvalue weighted by Gasteiger charge is 2.54. The van der Waals surface area contributed by atoms with Crippen molar-refractivity contribution in [2.75, 3.05) is 7.11 Å². The van der Waals surface area contributed by atoms with Gasteiger partial charge in [0, 0.05) is 5.56 Å². The van der Waals surface area contributed by atoms with E-state index in [1.165, 1.54) is 24.3 Å². The summed E-state index contributed by atoms with van der Waals surface area (Å²) in [5, 5.41) is 11.1. The van der Waals surface area contributed by atoms with E-state index in [1.54, 1.807) is 6.07 Å². The number of ether oxygens (including phenoxy) is 1. The van der Waals surface area contributed by atoms with Gasteiger partial charge in [-0.05, 0) is 0 Å². The van der Waals surface area contributed by atoms with E-state index in [9.17, 15) is 14.5 Å². The lowest BCUT2D eigenvalue weighted by molar-refractivity contribution is -0.188. The van der Waals surface area contributed by atoms with Gasteiger partial charge in [-0.2, -0.15) is 0 Å². The number of nitrogens with zero attached hydrogens (tertiary/aromatic N) is 1. The number of carbonyl (C=O) groups is 2. The van der Waals surface area contributed by atoms with Crippen LogP contribution in [0.1, 0.15) is 5.56 Å².